The first kappa shape index (κ1) is 19.1. The zero-order chi connectivity index (χ0) is 14.4. The van der Waals surface area contributed by atoms with E-state index in [0.29, 0.717) is 25.3 Å². The molecule has 0 aliphatic carbocycles. The summed E-state index contributed by atoms with van der Waals surface area (Å²) in [6.45, 7) is 2.76. The van der Waals surface area contributed by atoms with Crippen LogP contribution in [-0.2, 0) is 4.57 Å². The highest BCUT2D eigenvalue weighted by Gasteiger charge is 2.15. The molecule has 116 valence electrons. The molecule has 0 aromatic heterocycles. The van der Waals surface area contributed by atoms with Gasteiger partial charge < -0.3 is 10.6 Å². The van der Waals surface area contributed by atoms with Crippen molar-refractivity contribution in [3.05, 3.63) is 0 Å². The SMILES string of the molecule is CCCCCCCCCCCCP(=O)(O)CCCN. The lowest BCUT2D eigenvalue weighted by Crippen LogP contribution is -2.03. The summed E-state index contributed by atoms with van der Waals surface area (Å²) in [6, 6.07) is 0. The molecule has 0 radical (unpaired) electrons. The molecule has 0 rings (SSSR count). The minimum atomic E-state index is -2.86. The highest BCUT2D eigenvalue weighted by Crippen LogP contribution is 2.41. The van der Waals surface area contributed by atoms with Gasteiger partial charge in [-0.05, 0) is 19.4 Å². The van der Waals surface area contributed by atoms with Crippen LogP contribution in [0.3, 0.4) is 0 Å². The maximum Gasteiger partial charge on any atom is 0.200 e. The van der Waals surface area contributed by atoms with Gasteiger partial charge in [0.05, 0.1) is 0 Å². The van der Waals surface area contributed by atoms with Crippen LogP contribution in [-0.4, -0.2) is 23.8 Å². The van der Waals surface area contributed by atoms with Crippen molar-refractivity contribution in [3.63, 3.8) is 0 Å². The second-order valence-corrected chi connectivity index (χ2v) is 8.20. The Kier molecular flexibility index (Phi) is 13.3. The molecule has 0 aliphatic heterocycles. The molecule has 0 aromatic rings. The summed E-state index contributed by atoms with van der Waals surface area (Å²) in [4.78, 5) is 9.67. The van der Waals surface area contributed by atoms with E-state index in [2.05, 4.69) is 6.92 Å². The molecule has 1 unspecified atom stereocenters. The molecule has 3 N–H and O–H groups in total. The Morgan fingerprint density at radius 3 is 1.68 bits per heavy atom. The number of unbranched alkanes of at least 4 members (excludes halogenated alkanes) is 9. The Morgan fingerprint density at radius 2 is 1.21 bits per heavy atom. The molecule has 4 heteroatoms. The zero-order valence-corrected chi connectivity index (χ0v) is 13.7. The maximum absolute atomic E-state index is 11.7. The number of hydrogen-bond acceptors (Lipinski definition) is 2. The van der Waals surface area contributed by atoms with Gasteiger partial charge in [-0.25, -0.2) is 0 Å². The summed E-state index contributed by atoms with van der Waals surface area (Å²) in [5.74, 6) is 0. The fraction of sp³-hybridized carbons (Fsp3) is 1.00. The third-order valence-corrected chi connectivity index (χ3v) is 5.60. The lowest BCUT2D eigenvalue weighted by Gasteiger charge is -2.10. The van der Waals surface area contributed by atoms with Gasteiger partial charge in [0.15, 0.2) is 0 Å². The first-order valence-electron chi connectivity index (χ1n) is 8.13. The summed E-state index contributed by atoms with van der Waals surface area (Å²) in [5.41, 5.74) is 5.36. The van der Waals surface area contributed by atoms with E-state index in [0.717, 1.165) is 12.8 Å². The molecular weight excluding hydrogens is 257 g/mol. The van der Waals surface area contributed by atoms with Crippen LogP contribution < -0.4 is 5.73 Å². The topological polar surface area (TPSA) is 63.3 Å². The molecule has 1 atom stereocenters. The van der Waals surface area contributed by atoms with Crippen LogP contribution >= 0.6 is 7.37 Å². The van der Waals surface area contributed by atoms with Crippen LogP contribution in [0.2, 0.25) is 0 Å². The van der Waals surface area contributed by atoms with Crippen molar-refractivity contribution in [1.82, 2.24) is 0 Å². The van der Waals surface area contributed by atoms with Gasteiger partial charge in [-0.15, -0.1) is 0 Å². The van der Waals surface area contributed by atoms with Gasteiger partial charge in [0, 0.05) is 12.3 Å². The van der Waals surface area contributed by atoms with Crippen molar-refractivity contribution < 1.29 is 9.46 Å². The Labute approximate surface area is 119 Å². The van der Waals surface area contributed by atoms with Crippen molar-refractivity contribution in [2.75, 3.05) is 18.9 Å². The summed E-state index contributed by atoms with van der Waals surface area (Å²) >= 11 is 0. The zero-order valence-electron chi connectivity index (χ0n) is 12.8. The lowest BCUT2D eigenvalue weighted by molar-refractivity contribution is 0.471. The number of hydrogen-bond donors (Lipinski definition) is 2. The smallest absolute Gasteiger partial charge is 0.200 e. The van der Waals surface area contributed by atoms with E-state index in [1.165, 1.54) is 51.4 Å². The van der Waals surface area contributed by atoms with Crippen LogP contribution in [0.4, 0.5) is 0 Å². The van der Waals surface area contributed by atoms with Gasteiger partial charge in [-0.1, -0.05) is 64.7 Å². The molecule has 0 aromatic carbocycles. The average Bonchev–Trinajstić information content (AvgIpc) is 2.38. The van der Waals surface area contributed by atoms with Gasteiger partial charge in [0.25, 0.3) is 0 Å². The molecule has 0 saturated heterocycles. The number of nitrogens with two attached hydrogens (primary N) is 1. The Morgan fingerprint density at radius 1 is 0.789 bits per heavy atom. The van der Waals surface area contributed by atoms with Crippen LogP contribution in [0.5, 0.6) is 0 Å². The van der Waals surface area contributed by atoms with Gasteiger partial charge in [0.1, 0.15) is 0 Å². The molecule has 19 heavy (non-hydrogen) atoms. The summed E-state index contributed by atoms with van der Waals surface area (Å²) in [7, 11) is -2.86. The van der Waals surface area contributed by atoms with E-state index in [1.54, 1.807) is 0 Å². The largest absolute Gasteiger partial charge is 0.344 e. The highest BCUT2D eigenvalue weighted by molar-refractivity contribution is 7.57. The minimum Gasteiger partial charge on any atom is -0.344 e. The van der Waals surface area contributed by atoms with Crippen molar-refractivity contribution in [3.8, 4) is 0 Å². The van der Waals surface area contributed by atoms with Gasteiger partial charge in [-0.3, -0.25) is 4.57 Å². The molecule has 0 fully saturated rings. The monoisotopic (exact) mass is 291 g/mol. The number of rotatable bonds is 14. The van der Waals surface area contributed by atoms with E-state index in [4.69, 9.17) is 5.73 Å². The van der Waals surface area contributed by atoms with E-state index in [1.807, 2.05) is 0 Å². The van der Waals surface area contributed by atoms with Crippen molar-refractivity contribution in [1.29, 1.82) is 0 Å². The molecule has 0 aliphatic rings. The van der Waals surface area contributed by atoms with Crippen LogP contribution in [0.15, 0.2) is 0 Å². The first-order valence-corrected chi connectivity index (χ1v) is 10.2. The van der Waals surface area contributed by atoms with E-state index in [9.17, 15) is 9.46 Å². The predicted octanol–water partition coefficient (Wildman–Crippen LogP) is 4.53. The Bertz CT molecular complexity index is 234. The molecule has 0 saturated carbocycles. The van der Waals surface area contributed by atoms with E-state index in [-0.39, 0.29) is 0 Å². The molecule has 3 nitrogen and oxygen atoms in total. The van der Waals surface area contributed by atoms with Gasteiger partial charge in [-0.2, -0.15) is 0 Å². The molecule has 0 heterocycles. The van der Waals surface area contributed by atoms with Crippen LogP contribution in [0.1, 0.15) is 77.6 Å². The highest BCUT2D eigenvalue weighted by atomic mass is 31.2. The fourth-order valence-corrected chi connectivity index (χ4v) is 3.91. The predicted molar refractivity (Wildman–Crippen MR) is 85.1 cm³/mol. The van der Waals surface area contributed by atoms with Gasteiger partial charge >= 0.3 is 0 Å². The van der Waals surface area contributed by atoms with Crippen molar-refractivity contribution >= 4 is 7.37 Å². The summed E-state index contributed by atoms with van der Waals surface area (Å²) in [6.07, 6.45) is 14.2. The van der Waals surface area contributed by atoms with Crippen molar-refractivity contribution in [2.24, 2.45) is 5.73 Å². The molecule has 0 spiro atoms. The normalized spacial score (nSPS) is 14.5. The van der Waals surface area contributed by atoms with E-state index >= 15 is 0 Å². The third kappa shape index (κ3) is 14.4. The Hall–Kier alpha value is 0.150. The average molecular weight is 291 g/mol. The lowest BCUT2D eigenvalue weighted by atomic mass is 10.1. The summed E-state index contributed by atoms with van der Waals surface area (Å²) < 4.78 is 11.7. The second kappa shape index (κ2) is 13.1. The summed E-state index contributed by atoms with van der Waals surface area (Å²) in [5, 5.41) is 0. The third-order valence-electron chi connectivity index (χ3n) is 3.57. The molecule has 0 amide bonds. The second-order valence-electron chi connectivity index (χ2n) is 5.62. The van der Waals surface area contributed by atoms with Crippen LogP contribution in [0.25, 0.3) is 0 Å². The fourth-order valence-electron chi connectivity index (χ4n) is 2.30. The molecule has 0 bridgehead atoms. The Balaban J connectivity index is 3.24. The van der Waals surface area contributed by atoms with E-state index < -0.39 is 7.37 Å². The maximum atomic E-state index is 11.7. The standard InChI is InChI=1S/C15H34NO2P/c1-2-3-4-5-6-7-8-9-10-11-14-19(17,18)15-12-13-16/h2-16H2,1H3,(H,17,18). The molecular formula is C15H34NO2P. The van der Waals surface area contributed by atoms with Crippen LogP contribution in [0, 0.1) is 0 Å². The minimum absolute atomic E-state index is 0.404. The van der Waals surface area contributed by atoms with Crippen molar-refractivity contribution in [2.45, 2.75) is 77.6 Å². The quantitative estimate of drug-likeness (QED) is 0.365. The van der Waals surface area contributed by atoms with Gasteiger partial charge in [0.2, 0.25) is 7.37 Å². The first-order chi connectivity index (χ1) is 9.12.